The van der Waals surface area contributed by atoms with Gasteiger partial charge in [0, 0.05) is 45.2 Å². The second-order valence-corrected chi connectivity index (χ2v) is 10.5. The number of ether oxygens (including phenoxy) is 1. The fourth-order valence-electron chi connectivity index (χ4n) is 4.40. The van der Waals surface area contributed by atoms with Gasteiger partial charge in [0.1, 0.15) is 10.7 Å². The van der Waals surface area contributed by atoms with Crippen LogP contribution in [0, 0.1) is 11.7 Å². The number of nitrogens with zero attached hydrogens (tertiary/aromatic N) is 2. The summed E-state index contributed by atoms with van der Waals surface area (Å²) in [6, 6.07) is 15.6. The summed E-state index contributed by atoms with van der Waals surface area (Å²) in [6.45, 7) is 3.89. The predicted octanol–water partition coefficient (Wildman–Crippen LogP) is 2.24. The summed E-state index contributed by atoms with van der Waals surface area (Å²) in [5.74, 6) is -1.10. The Morgan fingerprint density at radius 1 is 1.03 bits per heavy atom. The summed E-state index contributed by atoms with van der Waals surface area (Å²) in [5.41, 5.74) is 1.25. The fraction of sp³-hybridized carbons (Fsp3) is 0.458. The van der Waals surface area contributed by atoms with Crippen molar-refractivity contribution in [3.05, 3.63) is 66.0 Å². The van der Waals surface area contributed by atoms with Crippen LogP contribution in [-0.4, -0.2) is 69.0 Å². The third-order valence-corrected chi connectivity index (χ3v) is 8.19. The van der Waals surface area contributed by atoms with Gasteiger partial charge in [-0.05, 0) is 30.5 Å². The van der Waals surface area contributed by atoms with Crippen LogP contribution in [0.3, 0.4) is 0 Å². The number of benzene rings is 2. The molecule has 2 aromatic carbocycles. The lowest BCUT2D eigenvalue weighted by Crippen LogP contribution is -2.49. The van der Waals surface area contributed by atoms with Crippen LogP contribution in [0.2, 0.25) is 0 Å². The van der Waals surface area contributed by atoms with E-state index in [2.05, 4.69) is 22.3 Å². The van der Waals surface area contributed by atoms with Gasteiger partial charge in [-0.2, -0.15) is 4.31 Å². The lowest BCUT2D eigenvalue weighted by Gasteiger charge is -2.34. The monoisotopic (exact) mass is 475 g/mol. The predicted molar refractivity (Wildman–Crippen MR) is 122 cm³/mol. The largest absolute Gasteiger partial charge is 0.374 e. The first-order chi connectivity index (χ1) is 15.9. The molecule has 0 spiro atoms. The number of carbonyl (C=O) groups excluding carboxylic acids is 1. The van der Waals surface area contributed by atoms with Crippen molar-refractivity contribution in [2.75, 3.05) is 39.3 Å². The Balaban J connectivity index is 1.24. The van der Waals surface area contributed by atoms with Gasteiger partial charge in [0.15, 0.2) is 0 Å². The molecule has 9 heteroatoms. The molecule has 2 aliphatic rings. The second-order valence-electron chi connectivity index (χ2n) is 8.57. The highest BCUT2D eigenvalue weighted by atomic mass is 32.2. The van der Waals surface area contributed by atoms with Crippen molar-refractivity contribution in [2.24, 2.45) is 5.92 Å². The summed E-state index contributed by atoms with van der Waals surface area (Å²) in [7, 11) is -3.90. The summed E-state index contributed by atoms with van der Waals surface area (Å²) in [6.07, 6.45) is 0.740. The Bertz CT molecular complexity index is 1040. The van der Waals surface area contributed by atoms with Crippen LogP contribution < -0.4 is 5.32 Å². The smallest absolute Gasteiger partial charge is 0.245 e. The normalized spacial score (nSPS) is 21.1. The van der Waals surface area contributed by atoms with Gasteiger partial charge >= 0.3 is 0 Å². The fourth-order valence-corrected chi connectivity index (χ4v) is 5.93. The number of amides is 1. The van der Waals surface area contributed by atoms with Crippen LogP contribution in [0.1, 0.15) is 18.4 Å². The van der Waals surface area contributed by atoms with Gasteiger partial charge < -0.3 is 10.1 Å². The molecule has 0 aromatic heterocycles. The zero-order chi connectivity index (χ0) is 23.3. The molecule has 1 N–H and O–H groups in total. The van der Waals surface area contributed by atoms with Gasteiger partial charge in [0.05, 0.1) is 12.7 Å². The minimum atomic E-state index is -3.90. The number of morpholine rings is 1. The molecule has 0 bridgehead atoms. The van der Waals surface area contributed by atoms with Crippen molar-refractivity contribution < 1.29 is 22.3 Å². The topological polar surface area (TPSA) is 79.0 Å². The number of halogens is 1. The van der Waals surface area contributed by atoms with E-state index < -0.39 is 15.8 Å². The first kappa shape index (κ1) is 23.8. The van der Waals surface area contributed by atoms with Gasteiger partial charge in [0.25, 0.3) is 0 Å². The van der Waals surface area contributed by atoms with E-state index in [0.717, 1.165) is 25.7 Å². The Morgan fingerprint density at radius 3 is 2.45 bits per heavy atom. The molecule has 0 saturated carbocycles. The maximum atomic E-state index is 14.0. The Morgan fingerprint density at radius 2 is 1.73 bits per heavy atom. The molecule has 33 heavy (non-hydrogen) atoms. The average Bonchev–Trinajstić information content (AvgIpc) is 2.84. The van der Waals surface area contributed by atoms with Crippen LogP contribution in [0.25, 0.3) is 0 Å². The van der Waals surface area contributed by atoms with E-state index in [1.807, 2.05) is 18.2 Å². The molecule has 1 atom stereocenters. The number of nitrogens with one attached hydrogen (secondary N) is 1. The molecule has 178 valence electrons. The maximum absolute atomic E-state index is 14.0. The number of hydrogen-bond acceptors (Lipinski definition) is 5. The highest BCUT2D eigenvalue weighted by Crippen LogP contribution is 2.25. The molecule has 2 fully saturated rings. The summed E-state index contributed by atoms with van der Waals surface area (Å²) in [5, 5.41) is 2.98. The molecule has 1 amide bonds. The minimum Gasteiger partial charge on any atom is -0.374 e. The van der Waals surface area contributed by atoms with Gasteiger partial charge in [-0.1, -0.05) is 42.5 Å². The molecular formula is C24H30FN3O4S. The van der Waals surface area contributed by atoms with Crippen LogP contribution in [0.4, 0.5) is 4.39 Å². The highest BCUT2D eigenvalue weighted by Gasteiger charge is 2.33. The third-order valence-electron chi connectivity index (χ3n) is 6.26. The summed E-state index contributed by atoms with van der Waals surface area (Å²) >= 11 is 0. The molecule has 0 aliphatic carbocycles. The first-order valence-electron chi connectivity index (χ1n) is 11.3. The van der Waals surface area contributed by atoms with Gasteiger partial charge in [-0.15, -0.1) is 0 Å². The molecule has 0 radical (unpaired) electrons. The number of piperidine rings is 1. The quantitative estimate of drug-likeness (QED) is 0.665. The molecule has 1 unspecified atom stereocenters. The molecule has 2 aromatic rings. The van der Waals surface area contributed by atoms with E-state index in [4.69, 9.17) is 4.74 Å². The van der Waals surface area contributed by atoms with E-state index in [0.29, 0.717) is 26.0 Å². The molecular weight excluding hydrogens is 445 g/mol. The van der Waals surface area contributed by atoms with E-state index >= 15 is 0 Å². The number of rotatable bonds is 7. The SMILES string of the molecule is O=C(NCC1CN(Cc2ccccc2)CCO1)C1CCN(S(=O)(=O)c2ccccc2F)CC1. The molecule has 4 rings (SSSR count). The van der Waals surface area contributed by atoms with Crippen molar-refractivity contribution in [1.29, 1.82) is 0 Å². The van der Waals surface area contributed by atoms with Crippen LogP contribution in [-0.2, 0) is 26.1 Å². The van der Waals surface area contributed by atoms with Crippen LogP contribution >= 0.6 is 0 Å². The average molecular weight is 476 g/mol. The number of sulfonamides is 1. The highest BCUT2D eigenvalue weighted by molar-refractivity contribution is 7.89. The van der Waals surface area contributed by atoms with E-state index in [-0.39, 0.29) is 35.9 Å². The lowest BCUT2D eigenvalue weighted by atomic mass is 9.97. The molecule has 2 aliphatic heterocycles. The second kappa shape index (κ2) is 10.7. The number of carbonyl (C=O) groups is 1. The number of hydrogen-bond donors (Lipinski definition) is 1. The van der Waals surface area contributed by atoms with E-state index in [1.165, 1.54) is 28.1 Å². The van der Waals surface area contributed by atoms with Crippen molar-refractivity contribution >= 4 is 15.9 Å². The van der Waals surface area contributed by atoms with Gasteiger partial charge in [0.2, 0.25) is 15.9 Å². The van der Waals surface area contributed by atoms with Crippen molar-refractivity contribution in [3.8, 4) is 0 Å². The zero-order valence-corrected chi connectivity index (χ0v) is 19.3. The third kappa shape index (κ3) is 5.97. The lowest BCUT2D eigenvalue weighted by molar-refractivity contribution is -0.127. The van der Waals surface area contributed by atoms with E-state index in [9.17, 15) is 17.6 Å². The van der Waals surface area contributed by atoms with Crippen LogP contribution in [0.5, 0.6) is 0 Å². The van der Waals surface area contributed by atoms with E-state index in [1.54, 1.807) is 0 Å². The summed E-state index contributed by atoms with van der Waals surface area (Å²) < 4.78 is 46.6. The van der Waals surface area contributed by atoms with Crippen molar-refractivity contribution in [3.63, 3.8) is 0 Å². The van der Waals surface area contributed by atoms with Crippen molar-refractivity contribution in [2.45, 2.75) is 30.4 Å². The Hall–Kier alpha value is -2.33. The van der Waals surface area contributed by atoms with Crippen molar-refractivity contribution in [1.82, 2.24) is 14.5 Å². The molecule has 2 heterocycles. The molecule has 7 nitrogen and oxygen atoms in total. The Labute approximate surface area is 194 Å². The summed E-state index contributed by atoms with van der Waals surface area (Å²) in [4.78, 5) is 14.7. The first-order valence-corrected chi connectivity index (χ1v) is 12.8. The standard InChI is InChI=1S/C24H30FN3O4S/c25-22-8-4-5-9-23(22)33(30,31)28-12-10-20(11-13-28)24(29)26-16-21-18-27(14-15-32-21)17-19-6-2-1-3-7-19/h1-9,20-21H,10-18H2,(H,26,29). The maximum Gasteiger partial charge on any atom is 0.245 e. The molecule has 2 saturated heterocycles. The van der Waals surface area contributed by atoms with Crippen LogP contribution in [0.15, 0.2) is 59.5 Å². The van der Waals surface area contributed by atoms with Gasteiger partial charge in [-0.25, -0.2) is 12.8 Å². The zero-order valence-electron chi connectivity index (χ0n) is 18.5. The van der Waals surface area contributed by atoms with Gasteiger partial charge in [-0.3, -0.25) is 9.69 Å². The Kier molecular flexibility index (Phi) is 7.75. The minimum absolute atomic E-state index is 0.0760.